The summed E-state index contributed by atoms with van der Waals surface area (Å²) >= 11 is 0. The van der Waals surface area contributed by atoms with Gasteiger partial charge in [-0.25, -0.2) is 0 Å². The molecule has 1 aromatic rings. The molecule has 0 aliphatic carbocycles. The summed E-state index contributed by atoms with van der Waals surface area (Å²) in [7, 11) is 1.69. The van der Waals surface area contributed by atoms with Crippen LogP contribution in [0, 0.1) is 0 Å². The number of hydrogen-bond acceptors (Lipinski definition) is 3. The Morgan fingerprint density at radius 1 is 1.31 bits per heavy atom. The van der Waals surface area contributed by atoms with E-state index in [-0.39, 0.29) is 5.60 Å². The van der Waals surface area contributed by atoms with Crippen LogP contribution in [0.2, 0.25) is 0 Å². The van der Waals surface area contributed by atoms with Gasteiger partial charge in [0.05, 0.1) is 7.11 Å². The van der Waals surface area contributed by atoms with Crippen molar-refractivity contribution in [1.82, 2.24) is 5.32 Å². The molecule has 1 N–H and O–H groups in total. The molecule has 2 heterocycles. The van der Waals surface area contributed by atoms with E-state index >= 15 is 0 Å². The quantitative estimate of drug-likeness (QED) is 0.780. The summed E-state index contributed by atoms with van der Waals surface area (Å²) < 4.78 is 11.4. The van der Waals surface area contributed by atoms with Gasteiger partial charge in [-0.1, -0.05) is 6.07 Å². The zero-order valence-corrected chi connectivity index (χ0v) is 9.58. The van der Waals surface area contributed by atoms with Gasteiger partial charge in [-0.2, -0.15) is 0 Å². The lowest BCUT2D eigenvalue weighted by molar-refractivity contribution is 0.0598. The number of benzene rings is 1. The molecule has 86 valence electrons. The average molecular weight is 219 g/mol. The van der Waals surface area contributed by atoms with Gasteiger partial charge in [0.15, 0.2) is 0 Å². The fraction of sp³-hybridized carbons (Fsp3) is 0.538. The lowest BCUT2D eigenvalue weighted by Crippen LogP contribution is -2.45. The topological polar surface area (TPSA) is 30.5 Å². The van der Waals surface area contributed by atoms with Crippen LogP contribution in [0.25, 0.3) is 0 Å². The summed E-state index contributed by atoms with van der Waals surface area (Å²) in [5.74, 6) is 1.89. The maximum Gasteiger partial charge on any atom is 0.127 e. The fourth-order valence-electron chi connectivity index (χ4n) is 2.68. The van der Waals surface area contributed by atoms with Gasteiger partial charge < -0.3 is 14.8 Å². The van der Waals surface area contributed by atoms with Gasteiger partial charge in [0.1, 0.15) is 17.1 Å². The predicted octanol–water partition coefficient (Wildman–Crippen LogP) is 1.75. The van der Waals surface area contributed by atoms with E-state index in [1.807, 2.05) is 12.1 Å². The summed E-state index contributed by atoms with van der Waals surface area (Å²) in [4.78, 5) is 0. The molecule has 3 heteroatoms. The zero-order valence-electron chi connectivity index (χ0n) is 9.58. The van der Waals surface area contributed by atoms with Crippen molar-refractivity contribution >= 4 is 0 Å². The number of nitrogens with one attached hydrogen (secondary N) is 1. The van der Waals surface area contributed by atoms with Crippen LogP contribution in [-0.4, -0.2) is 25.8 Å². The minimum Gasteiger partial charge on any atom is -0.497 e. The van der Waals surface area contributed by atoms with Crippen molar-refractivity contribution in [2.45, 2.75) is 24.9 Å². The largest absolute Gasteiger partial charge is 0.497 e. The second-order valence-electron chi connectivity index (χ2n) is 4.69. The van der Waals surface area contributed by atoms with E-state index in [2.05, 4.69) is 11.4 Å². The minimum atomic E-state index is 0.0555. The van der Waals surface area contributed by atoms with E-state index in [1.54, 1.807) is 7.11 Å². The molecule has 1 fully saturated rings. The maximum atomic E-state index is 6.16. The van der Waals surface area contributed by atoms with Crippen LogP contribution in [-0.2, 0) is 6.42 Å². The summed E-state index contributed by atoms with van der Waals surface area (Å²) in [5.41, 5.74) is 1.38. The molecule has 0 aromatic heterocycles. The van der Waals surface area contributed by atoms with Crippen LogP contribution in [0.1, 0.15) is 18.4 Å². The third kappa shape index (κ3) is 1.55. The first kappa shape index (κ1) is 9.97. The van der Waals surface area contributed by atoms with Crippen LogP contribution < -0.4 is 14.8 Å². The highest BCUT2D eigenvalue weighted by atomic mass is 16.5. The van der Waals surface area contributed by atoms with Crippen molar-refractivity contribution in [3.8, 4) is 11.5 Å². The second kappa shape index (κ2) is 3.67. The van der Waals surface area contributed by atoms with Crippen molar-refractivity contribution in [3.05, 3.63) is 23.8 Å². The van der Waals surface area contributed by atoms with E-state index < -0.39 is 0 Å². The number of fused-ring (bicyclic) bond motifs is 1. The molecule has 0 unspecified atom stereocenters. The van der Waals surface area contributed by atoms with E-state index in [9.17, 15) is 0 Å². The van der Waals surface area contributed by atoms with Gasteiger partial charge in [-0.15, -0.1) is 0 Å². The number of rotatable bonds is 1. The van der Waals surface area contributed by atoms with E-state index in [4.69, 9.17) is 9.47 Å². The molecule has 2 aliphatic heterocycles. The Balaban J connectivity index is 1.87. The predicted molar refractivity (Wildman–Crippen MR) is 62.2 cm³/mol. The number of methoxy groups -OCH3 is 1. The van der Waals surface area contributed by atoms with Crippen molar-refractivity contribution in [3.63, 3.8) is 0 Å². The SMILES string of the molecule is COc1ccc2c(c1)OC1(CCNCC1)C2. The third-order valence-electron chi connectivity index (χ3n) is 3.63. The first-order chi connectivity index (χ1) is 7.81. The number of piperidine rings is 1. The Morgan fingerprint density at radius 2 is 2.12 bits per heavy atom. The smallest absolute Gasteiger partial charge is 0.127 e. The minimum absolute atomic E-state index is 0.0555. The Bertz CT molecular complexity index is 397. The molecule has 0 amide bonds. The molecule has 0 bridgehead atoms. The first-order valence-electron chi connectivity index (χ1n) is 5.88. The summed E-state index contributed by atoms with van der Waals surface area (Å²) in [6, 6.07) is 6.15. The molecular formula is C13H17NO2. The van der Waals surface area contributed by atoms with E-state index in [1.165, 1.54) is 5.56 Å². The van der Waals surface area contributed by atoms with Crippen LogP contribution in [0.15, 0.2) is 18.2 Å². The standard InChI is InChI=1S/C13H17NO2/c1-15-11-3-2-10-9-13(16-12(10)8-11)4-6-14-7-5-13/h2-3,8,14H,4-7,9H2,1H3. The highest BCUT2D eigenvalue weighted by Gasteiger charge is 2.40. The van der Waals surface area contributed by atoms with Gasteiger partial charge in [0.25, 0.3) is 0 Å². The average Bonchev–Trinajstić information content (AvgIpc) is 2.66. The van der Waals surface area contributed by atoms with Crippen LogP contribution in [0.3, 0.4) is 0 Å². The first-order valence-corrected chi connectivity index (χ1v) is 5.88. The zero-order chi connectivity index (χ0) is 11.0. The van der Waals surface area contributed by atoms with Gasteiger partial charge in [0.2, 0.25) is 0 Å². The van der Waals surface area contributed by atoms with Crippen molar-refractivity contribution in [1.29, 1.82) is 0 Å². The summed E-state index contributed by atoms with van der Waals surface area (Å²) in [6.07, 6.45) is 3.25. The Hall–Kier alpha value is -1.22. The fourth-order valence-corrected chi connectivity index (χ4v) is 2.68. The molecule has 1 spiro atoms. The van der Waals surface area contributed by atoms with E-state index in [0.29, 0.717) is 0 Å². The number of hydrogen-bond donors (Lipinski definition) is 1. The monoisotopic (exact) mass is 219 g/mol. The van der Waals surface area contributed by atoms with Crippen molar-refractivity contribution in [2.24, 2.45) is 0 Å². The Kier molecular flexibility index (Phi) is 2.28. The molecular weight excluding hydrogens is 202 g/mol. The lowest BCUT2D eigenvalue weighted by atomic mass is 9.88. The summed E-state index contributed by atoms with van der Waals surface area (Å²) in [6.45, 7) is 2.12. The van der Waals surface area contributed by atoms with Gasteiger partial charge in [-0.05, 0) is 37.6 Å². The van der Waals surface area contributed by atoms with Crippen molar-refractivity contribution in [2.75, 3.05) is 20.2 Å². The molecule has 0 radical (unpaired) electrons. The molecule has 1 aromatic carbocycles. The number of ether oxygens (including phenoxy) is 2. The van der Waals surface area contributed by atoms with Crippen LogP contribution in [0.4, 0.5) is 0 Å². The molecule has 0 atom stereocenters. The van der Waals surface area contributed by atoms with E-state index in [0.717, 1.165) is 43.9 Å². The highest BCUT2D eigenvalue weighted by molar-refractivity contribution is 5.45. The molecule has 3 rings (SSSR count). The van der Waals surface area contributed by atoms with Crippen molar-refractivity contribution < 1.29 is 9.47 Å². The molecule has 3 nitrogen and oxygen atoms in total. The van der Waals surface area contributed by atoms with Crippen LogP contribution >= 0.6 is 0 Å². The summed E-state index contributed by atoms with van der Waals surface area (Å²) in [5, 5.41) is 3.38. The van der Waals surface area contributed by atoms with Crippen LogP contribution in [0.5, 0.6) is 11.5 Å². The van der Waals surface area contributed by atoms with Gasteiger partial charge >= 0.3 is 0 Å². The maximum absolute atomic E-state index is 6.16. The normalized spacial score (nSPS) is 21.6. The second-order valence-corrected chi connectivity index (χ2v) is 4.69. The van der Waals surface area contributed by atoms with Gasteiger partial charge in [-0.3, -0.25) is 0 Å². The van der Waals surface area contributed by atoms with Gasteiger partial charge in [0, 0.05) is 12.5 Å². The Morgan fingerprint density at radius 3 is 2.88 bits per heavy atom. The molecule has 0 saturated carbocycles. The lowest BCUT2D eigenvalue weighted by Gasteiger charge is -2.33. The third-order valence-corrected chi connectivity index (χ3v) is 3.63. The molecule has 2 aliphatic rings. The Labute approximate surface area is 95.8 Å². The highest BCUT2D eigenvalue weighted by Crippen LogP contribution is 2.41. The molecule has 1 saturated heterocycles. The molecule has 16 heavy (non-hydrogen) atoms.